The SMILES string of the molecule is C[C@@H]1CCCC[C@@]12NC(=O)N(CC(=O)Nc1ccccc1C(C)(C)C)C2=O. The lowest BCUT2D eigenvalue weighted by atomic mass is 9.73. The van der Waals surface area contributed by atoms with E-state index in [4.69, 9.17) is 0 Å². The largest absolute Gasteiger partial charge is 0.325 e. The number of carbonyl (C=O) groups excluding carboxylic acids is 3. The van der Waals surface area contributed by atoms with Crippen molar-refractivity contribution in [2.24, 2.45) is 5.92 Å². The van der Waals surface area contributed by atoms with Gasteiger partial charge in [0.1, 0.15) is 12.1 Å². The summed E-state index contributed by atoms with van der Waals surface area (Å²) in [6.45, 7) is 7.95. The number of carbonyl (C=O) groups is 3. The molecule has 3 rings (SSSR count). The summed E-state index contributed by atoms with van der Waals surface area (Å²) in [4.78, 5) is 39.1. The maximum Gasteiger partial charge on any atom is 0.325 e. The van der Waals surface area contributed by atoms with Gasteiger partial charge in [0.25, 0.3) is 5.91 Å². The Hall–Kier alpha value is -2.37. The first kappa shape index (κ1) is 19.4. The Labute approximate surface area is 160 Å². The Balaban J connectivity index is 1.74. The molecule has 6 nitrogen and oxygen atoms in total. The highest BCUT2D eigenvalue weighted by atomic mass is 16.2. The number of rotatable bonds is 3. The summed E-state index contributed by atoms with van der Waals surface area (Å²) in [7, 11) is 0. The van der Waals surface area contributed by atoms with E-state index in [-0.39, 0.29) is 29.7 Å². The van der Waals surface area contributed by atoms with E-state index in [2.05, 4.69) is 31.4 Å². The summed E-state index contributed by atoms with van der Waals surface area (Å²) in [6.07, 6.45) is 3.53. The highest BCUT2D eigenvalue weighted by molar-refractivity contribution is 6.10. The highest BCUT2D eigenvalue weighted by Crippen LogP contribution is 2.38. The van der Waals surface area contributed by atoms with E-state index >= 15 is 0 Å². The van der Waals surface area contributed by atoms with Crippen molar-refractivity contribution in [3.63, 3.8) is 0 Å². The summed E-state index contributed by atoms with van der Waals surface area (Å²) < 4.78 is 0. The molecule has 1 aliphatic carbocycles. The molecule has 1 aromatic rings. The lowest BCUT2D eigenvalue weighted by Crippen LogP contribution is -2.54. The first-order valence-corrected chi connectivity index (χ1v) is 9.68. The predicted octanol–water partition coefficient (Wildman–Crippen LogP) is 3.42. The second kappa shape index (κ2) is 6.98. The molecule has 0 bridgehead atoms. The van der Waals surface area contributed by atoms with Crippen molar-refractivity contribution in [3.8, 4) is 0 Å². The number of hydrogen-bond acceptors (Lipinski definition) is 3. The quantitative estimate of drug-likeness (QED) is 0.799. The lowest BCUT2D eigenvalue weighted by molar-refractivity contribution is -0.136. The highest BCUT2D eigenvalue weighted by Gasteiger charge is 2.55. The fourth-order valence-electron chi connectivity index (χ4n) is 4.22. The predicted molar refractivity (Wildman–Crippen MR) is 104 cm³/mol. The summed E-state index contributed by atoms with van der Waals surface area (Å²) in [6, 6.07) is 7.14. The van der Waals surface area contributed by atoms with Crippen molar-refractivity contribution in [1.29, 1.82) is 0 Å². The van der Waals surface area contributed by atoms with E-state index in [0.29, 0.717) is 12.1 Å². The zero-order chi connectivity index (χ0) is 19.8. The number of nitrogens with one attached hydrogen (secondary N) is 2. The van der Waals surface area contributed by atoms with E-state index in [1.54, 1.807) is 0 Å². The van der Waals surface area contributed by atoms with Crippen LogP contribution in [0.1, 0.15) is 58.9 Å². The van der Waals surface area contributed by atoms with Gasteiger partial charge in [0.2, 0.25) is 5.91 Å². The van der Waals surface area contributed by atoms with Gasteiger partial charge in [0, 0.05) is 5.69 Å². The van der Waals surface area contributed by atoms with Crippen molar-refractivity contribution < 1.29 is 14.4 Å². The smallest absolute Gasteiger partial charge is 0.324 e. The van der Waals surface area contributed by atoms with E-state index in [1.165, 1.54) is 0 Å². The average Bonchev–Trinajstić information content (AvgIpc) is 2.82. The van der Waals surface area contributed by atoms with Crippen LogP contribution < -0.4 is 10.6 Å². The van der Waals surface area contributed by atoms with Crippen LogP contribution in [0.25, 0.3) is 0 Å². The van der Waals surface area contributed by atoms with Gasteiger partial charge in [0.05, 0.1) is 0 Å². The van der Waals surface area contributed by atoms with Crippen LogP contribution in [0.15, 0.2) is 24.3 Å². The second-order valence-electron chi connectivity index (χ2n) is 8.78. The van der Waals surface area contributed by atoms with Gasteiger partial charge in [-0.2, -0.15) is 0 Å². The summed E-state index contributed by atoms with van der Waals surface area (Å²) >= 11 is 0. The Morgan fingerprint density at radius 3 is 2.63 bits per heavy atom. The first-order valence-electron chi connectivity index (χ1n) is 9.68. The van der Waals surface area contributed by atoms with Crippen molar-refractivity contribution in [2.45, 2.75) is 64.3 Å². The zero-order valence-electron chi connectivity index (χ0n) is 16.6. The Kier molecular flexibility index (Phi) is 5.02. The summed E-state index contributed by atoms with van der Waals surface area (Å²) in [5.74, 6) is -0.549. The van der Waals surface area contributed by atoms with Crippen LogP contribution >= 0.6 is 0 Å². The van der Waals surface area contributed by atoms with E-state index < -0.39 is 11.6 Å². The number of amides is 4. The molecule has 4 amide bonds. The van der Waals surface area contributed by atoms with Gasteiger partial charge in [-0.05, 0) is 35.8 Å². The van der Waals surface area contributed by atoms with Crippen LogP contribution in [0.3, 0.4) is 0 Å². The second-order valence-corrected chi connectivity index (χ2v) is 8.78. The van der Waals surface area contributed by atoms with Gasteiger partial charge in [-0.1, -0.05) is 58.7 Å². The van der Waals surface area contributed by atoms with Crippen LogP contribution in [0, 0.1) is 5.92 Å². The molecule has 1 saturated heterocycles. The van der Waals surface area contributed by atoms with Crippen LogP contribution in [-0.2, 0) is 15.0 Å². The molecular formula is C21H29N3O3. The summed E-state index contributed by atoms with van der Waals surface area (Å²) in [5, 5.41) is 5.76. The molecular weight excluding hydrogens is 342 g/mol. The van der Waals surface area contributed by atoms with E-state index in [9.17, 15) is 14.4 Å². The Morgan fingerprint density at radius 1 is 1.26 bits per heavy atom. The number of urea groups is 1. The van der Waals surface area contributed by atoms with Gasteiger partial charge in [0.15, 0.2) is 0 Å². The van der Waals surface area contributed by atoms with Crippen molar-refractivity contribution in [1.82, 2.24) is 10.2 Å². The molecule has 2 aliphatic rings. The molecule has 0 radical (unpaired) electrons. The van der Waals surface area contributed by atoms with Gasteiger partial charge >= 0.3 is 6.03 Å². The van der Waals surface area contributed by atoms with Crippen LogP contribution in [0.5, 0.6) is 0 Å². The van der Waals surface area contributed by atoms with Crippen LogP contribution in [-0.4, -0.2) is 34.8 Å². The maximum absolute atomic E-state index is 13.0. The van der Waals surface area contributed by atoms with E-state index in [1.807, 2.05) is 31.2 Å². The molecule has 6 heteroatoms. The number of hydrogen-bond donors (Lipinski definition) is 2. The number of benzene rings is 1. The summed E-state index contributed by atoms with van der Waals surface area (Å²) in [5.41, 5.74) is 0.751. The standard InChI is InChI=1S/C21H29N3O3/c1-14-9-7-8-12-21(14)18(26)24(19(27)23-21)13-17(25)22-16-11-6-5-10-15(16)20(2,3)4/h5-6,10-11,14H,7-9,12-13H2,1-4H3,(H,22,25)(H,23,27)/t14-,21-/m1/s1. The third kappa shape index (κ3) is 3.57. The Morgan fingerprint density at radius 2 is 1.96 bits per heavy atom. The van der Waals surface area contributed by atoms with Gasteiger partial charge in [-0.3, -0.25) is 14.5 Å². The number of para-hydroxylation sites is 1. The molecule has 0 unspecified atom stereocenters. The number of anilines is 1. The molecule has 1 saturated carbocycles. The molecule has 2 N–H and O–H groups in total. The topological polar surface area (TPSA) is 78.5 Å². The Bertz CT molecular complexity index is 768. The third-order valence-electron chi connectivity index (χ3n) is 5.81. The molecule has 1 aliphatic heterocycles. The molecule has 27 heavy (non-hydrogen) atoms. The fourth-order valence-corrected chi connectivity index (χ4v) is 4.22. The zero-order valence-corrected chi connectivity index (χ0v) is 16.6. The third-order valence-corrected chi connectivity index (χ3v) is 5.81. The minimum Gasteiger partial charge on any atom is -0.324 e. The van der Waals surface area contributed by atoms with Crippen molar-refractivity contribution in [3.05, 3.63) is 29.8 Å². The van der Waals surface area contributed by atoms with E-state index in [0.717, 1.165) is 29.7 Å². The van der Waals surface area contributed by atoms with Gasteiger partial charge < -0.3 is 10.6 Å². The molecule has 1 spiro atoms. The molecule has 2 fully saturated rings. The molecule has 1 aromatic carbocycles. The van der Waals surface area contributed by atoms with Crippen molar-refractivity contribution in [2.75, 3.05) is 11.9 Å². The maximum atomic E-state index is 13.0. The normalized spacial score (nSPS) is 25.6. The average molecular weight is 371 g/mol. The monoisotopic (exact) mass is 371 g/mol. The molecule has 2 atom stereocenters. The molecule has 146 valence electrons. The van der Waals surface area contributed by atoms with Crippen LogP contribution in [0.4, 0.5) is 10.5 Å². The lowest BCUT2D eigenvalue weighted by Gasteiger charge is -2.36. The molecule has 0 aromatic heterocycles. The number of nitrogens with zero attached hydrogens (tertiary/aromatic N) is 1. The van der Waals surface area contributed by atoms with Crippen molar-refractivity contribution >= 4 is 23.5 Å². The van der Waals surface area contributed by atoms with Crippen LogP contribution in [0.2, 0.25) is 0 Å². The van der Waals surface area contributed by atoms with Gasteiger partial charge in [-0.25, -0.2) is 4.79 Å². The van der Waals surface area contributed by atoms with Gasteiger partial charge in [-0.15, -0.1) is 0 Å². The fraction of sp³-hybridized carbons (Fsp3) is 0.571. The first-order chi connectivity index (χ1) is 12.6. The minimum absolute atomic E-state index is 0.0809. The molecule has 1 heterocycles. The number of imide groups is 1. The minimum atomic E-state index is -0.834.